The lowest BCUT2D eigenvalue weighted by Gasteiger charge is -2.32. The Hall–Kier alpha value is -8.16. The van der Waals surface area contributed by atoms with Crippen molar-refractivity contribution < 1.29 is 95.2 Å². The van der Waals surface area contributed by atoms with E-state index in [-0.39, 0.29) is 57.1 Å². The molecule has 0 spiro atoms. The Morgan fingerprint density at radius 1 is 0.365 bits per heavy atom. The number of esters is 4. The third-order valence-corrected chi connectivity index (χ3v) is 18.0. The van der Waals surface area contributed by atoms with Crippen LogP contribution >= 0.6 is 0 Å². The van der Waals surface area contributed by atoms with Gasteiger partial charge < -0.3 is 56.8 Å². The minimum atomic E-state index is -1.75. The van der Waals surface area contributed by atoms with Crippen LogP contribution in [-0.4, -0.2) is 97.3 Å². The first kappa shape index (κ1) is 103. The lowest BCUT2D eigenvalue weighted by Crippen LogP contribution is -2.44. The Balaban J connectivity index is 3.05. The van der Waals surface area contributed by atoms with Gasteiger partial charge >= 0.3 is 48.5 Å². The van der Waals surface area contributed by atoms with Gasteiger partial charge in [0.15, 0.2) is 0 Å². The number of allylic oxidation sites excluding steroid dienone is 8. The van der Waals surface area contributed by atoms with Crippen molar-refractivity contribution in [2.45, 2.75) is 358 Å². The Kier molecular flexibility index (Phi) is 35.7. The van der Waals surface area contributed by atoms with Crippen LogP contribution in [0.4, 0.5) is 19.2 Å². The number of rotatable bonds is 29. The van der Waals surface area contributed by atoms with Gasteiger partial charge in [0, 0.05) is 59.1 Å². The molecule has 0 heterocycles. The van der Waals surface area contributed by atoms with Crippen LogP contribution in [0.25, 0.3) is 0 Å². The first-order valence-corrected chi connectivity index (χ1v) is 40.4. The Morgan fingerprint density at radius 2 is 0.670 bits per heavy atom. The van der Waals surface area contributed by atoms with Crippen LogP contribution in [0.2, 0.25) is 0 Å². The predicted molar refractivity (Wildman–Crippen MR) is 455 cm³/mol. The third kappa shape index (κ3) is 36.9. The molecule has 2 aromatic rings. The summed E-state index contributed by atoms with van der Waals surface area (Å²) >= 11 is 0. The van der Waals surface area contributed by atoms with E-state index in [1.54, 1.807) is 95.2 Å². The highest BCUT2D eigenvalue weighted by molar-refractivity contribution is 5.73. The molecule has 0 radical (unpaired) electrons. The fraction of sp³-hybridized carbons (Fsp3) is 0.663. The molecule has 20 nitrogen and oxygen atoms in total. The van der Waals surface area contributed by atoms with Gasteiger partial charge in [0.1, 0.15) is 77.3 Å². The molecular formula is C95H148O20. The molecule has 0 unspecified atom stereocenters. The average Bonchev–Trinajstić information content (AvgIpc) is 0.782. The van der Waals surface area contributed by atoms with Crippen molar-refractivity contribution in [2.24, 2.45) is 27.1 Å². The minimum Gasteiger partial charge on any atom is -0.465 e. The van der Waals surface area contributed by atoms with E-state index >= 15 is 0 Å². The Morgan fingerprint density at radius 3 is 0.957 bits per heavy atom. The van der Waals surface area contributed by atoms with Crippen molar-refractivity contribution >= 4 is 48.5 Å². The fourth-order valence-corrected chi connectivity index (χ4v) is 11.6. The molecule has 20 heteroatoms. The van der Waals surface area contributed by atoms with Gasteiger partial charge in [0.2, 0.25) is 0 Å². The molecule has 0 atom stereocenters. The normalized spacial score (nSPS) is 13.9. The summed E-state index contributed by atoms with van der Waals surface area (Å²) in [5.41, 5.74) is -2.13. The van der Waals surface area contributed by atoms with Gasteiger partial charge in [0.25, 0.3) is 0 Å². The highest BCUT2D eigenvalue weighted by Gasteiger charge is 2.41. The number of hydrogen-bond acceptors (Lipinski definition) is 20. The molecule has 0 aliphatic rings. The molecule has 0 amide bonds. The number of carbonyl (C=O) groups is 8. The Bertz CT molecular complexity index is 3700. The summed E-state index contributed by atoms with van der Waals surface area (Å²) in [5, 5.41) is 0. The Labute approximate surface area is 691 Å². The highest BCUT2D eigenvalue weighted by atomic mass is 16.8. The van der Waals surface area contributed by atoms with Crippen molar-refractivity contribution in [3.63, 3.8) is 0 Å². The molecule has 2 rings (SSSR count). The van der Waals surface area contributed by atoms with Crippen molar-refractivity contribution in [3.05, 3.63) is 128 Å². The molecule has 648 valence electrons. The molecule has 0 saturated carbocycles. The van der Waals surface area contributed by atoms with E-state index in [2.05, 4.69) is 13.2 Å². The van der Waals surface area contributed by atoms with Gasteiger partial charge in [-0.2, -0.15) is 0 Å². The first-order valence-electron chi connectivity index (χ1n) is 40.4. The number of benzene rings is 2. The number of hydrogen-bond donors (Lipinski definition) is 0. The van der Waals surface area contributed by atoms with Crippen molar-refractivity contribution in [1.82, 2.24) is 0 Å². The van der Waals surface area contributed by atoms with Crippen molar-refractivity contribution in [3.8, 4) is 11.5 Å². The van der Waals surface area contributed by atoms with E-state index in [4.69, 9.17) is 56.8 Å². The largest absolute Gasteiger partial charge is 0.514 e. The summed E-state index contributed by atoms with van der Waals surface area (Å²) in [6.07, 6.45) is 2.04. The lowest BCUT2D eigenvalue weighted by molar-refractivity contribution is -0.170. The molecule has 0 fully saturated rings. The molecular weight excluding hydrogens is 1460 g/mol. The van der Waals surface area contributed by atoms with Crippen LogP contribution in [-0.2, 0) is 101 Å². The molecule has 0 aliphatic heterocycles. The standard InChI is InChI=1S/C95H148O20/c1-40-64(84(7,8)9)76(109-80(101)113-92(31,32)33)65(85(10,11)12)43-41-42-44-71(96)104-56-95(57-105-72(97)48-45-60(2)51-66(86(13,14)15)75(61(3)83(4,5)6)108-79(100)112-91(28,29)30,58-106-73(98)49-46-62-52-67(87(16,17)18)77(68(53-62)88(19,20)21)110-81(102)114-93(34,35)36)59-107-74(99)50-47-63-54-69(89(22,23)24)78(70(55-63)90(25,26)27)111-82(103)115-94(37,38)39/h40,43,51-55H,1-2,41-42,44-50,56-59H2,3-39H3/b65-43+,66-51+,75-61-,76-64-. The van der Waals surface area contributed by atoms with Gasteiger partial charge in [-0.1, -0.05) is 227 Å². The summed E-state index contributed by atoms with van der Waals surface area (Å²) < 4.78 is 71.6. The number of ether oxygens (including phenoxy) is 12. The summed E-state index contributed by atoms with van der Waals surface area (Å²) in [7, 11) is 0. The number of aryl methyl sites for hydroxylation is 2. The van der Waals surface area contributed by atoms with E-state index in [1.165, 1.54) is 0 Å². The van der Waals surface area contributed by atoms with E-state index in [0.717, 1.165) is 16.7 Å². The average molecular weight is 1610 g/mol. The van der Waals surface area contributed by atoms with Gasteiger partial charge in [-0.3, -0.25) is 19.2 Å². The van der Waals surface area contributed by atoms with Crippen LogP contribution in [0.3, 0.4) is 0 Å². The minimum absolute atomic E-state index is 0.0590. The quantitative estimate of drug-likeness (QED) is 0.0183. The summed E-state index contributed by atoms with van der Waals surface area (Å²) in [6, 6.07) is 7.60. The van der Waals surface area contributed by atoms with Gasteiger partial charge in [0.05, 0.1) is 0 Å². The zero-order valence-corrected chi connectivity index (χ0v) is 77.8. The molecule has 2 aromatic carbocycles. The smallest absolute Gasteiger partial charge is 0.465 e. The summed E-state index contributed by atoms with van der Waals surface area (Å²) in [4.78, 5) is 112. The predicted octanol–water partition coefficient (Wildman–Crippen LogP) is 24.4. The summed E-state index contributed by atoms with van der Waals surface area (Å²) in [6.45, 7) is 76.7. The maximum atomic E-state index is 14.6. The van der Waals surface area contributed by atoms with E-state index in [9.17, 15) is 38.4 Å². The van der Waals surface area contributed by atoms with Crippen LogP contribution in [0.5, 0.6) is 11.5 Å². The zero-order valence-electron chi connectivity index (χ0n) is 77.8. The number of unbranched alkanes of at least 4 members (excludes halogenated alkanes) is 1. The van der Waals surface area contributed by atoms with Crippen LogP contribution < -0.4 is 9.47 Å². The topological polar surface area (TPSA) is 247 Å². The van der Waals surface area contributed by atoms with E-state index < -0.39 is 146 Å². The van der Waals surface area contributed by atoms with E-state index in [0.29, 0.717) is 68.2 Å². The second-order valence-corrected chi connectivity index (χ2v) is 42.6. The lowest BCUT2D eigenvalue weighted by atomic mass is 9.78. The highest BCUT2D eigenvalue weighted by Crippen LogP contribution is 2.46. The van der Waals surface area contributed by atoms with Gasteiger partial charge in [-0.15, -0.1) is 0 Å². The molecule has 0 aromatic heterocycles. The van der Waals surface area contributed by atoms with Crippen LogP contribution in [0, 0.1) is 27.1 Å². The monoisotopic (exact) mass is 1610 g/mol. The van der Waals surface area contributed by atoms with Gasteiger partial charge in [-0.05, 0) is 188 Å². The fourth-order valence-electron chi connectivity index (χ4n) is 11.6. The van der Waals surface area contributed by atoms with Crippen molar-refractivity contribution in [2.75, 3.05) is 26.4 Å². The molecule has 0 aliphatic carbocycles. The first-order chi connectivity index (χ1) is 51.6. The third-order valence-electron chi connectivity index (χ3n) is 18.0. The summed E-state index contributed by atoms with van der Waals surface area (Å²) in [5.74, 6) is -1.50. The SMILES string of the molecule is C=C/C(=C(OC(=O)OC(C)(C)C)\C(=C/CCCC(=O)OCC(COC(=O)CCC(=C)/C=C(\C(OC(=O)OC(C)(C)C)=C(/C)C(C)(C)C)C(C)(C)C)(COC(=O)CCc1cc(C(C)(C)C)c(OC(=O)OC(C)(C)C)c(C(C)(C)C)c1)COC(=O)CCc1cc(C(C)(C)C)c(OC(=O)OC(C)(C)C)c(C(C)(C)C)c1)C(C)(C)C)C(C)(C)C. The molecule has 115 heavy (non-hydrogen) atoms. The van der Waals surface area contributed by atoms with E-state index in [1.807, 2.05) is 203 Å². The van der Waals surface area contributed by atoms with Crippen LogP contribution in [0.15, 0.2) is 95.0 Å². The van der Waals surface area contributed by atoms with Gasteiger partial charge in [-0.25, -0.2) is 19.2 Å². The second kappa shape index (κ2) is 39.9. The number of carbonyl (C=O) groups excluding carboxylic acids is 8. The maximum Gasteiger partial charge on any atom is 0.514 e. The molecule has 0 N–H and O–H groups in total. The molecule has 0 bridgehead atoms. The van der Waals surface area contributed by atoms with Crippen LogP contribution in [0.1, 0.15) is 335 Å². The molecule has 0 saturated heterocycles. The second-order valence-electron chi connectivity index (χ2n) is 42.6. The van der Waals surface area contributed by atoms with Crippen molar-refractivity contribution in [1.29, 1.82) is 0 Å². The maximum absolute atomic E-state index is 14.6. The zero-order chi connectivity index (χ0) is 89.4.